The molecule has 0 spiro atoms. The van der Waals surface area contributed by atoms with Gasteiger partial charge in [0.25, 0.3) is 11.5 Å². The van der Waals surface area contributed by atoms with Crippen LogP contribution in [0.15, 0.2) is 53.3 Å². The zero-order valence-electron chi connectivity index (χ0n) is 19.6. The van der Waals surface area contributed by atoms with Crippen molar-refractivity contribution >= 4 is 11.9 Å². The number of aromatic nitrogens is 2. The molecular formula is C25H23F3N6O2. The van der Waals surface area contributed by atoms with Gasteiger partial charge in [0, 0.05) is 39.2 Å². The summed E-state index contributed by atoms with van der Waals surface area (Å²) in [5.41, 5.74) is 1.37. The lowest BCUT2D eigenvalue weighted by atomic mass is 10.0. The van der Waals surface area contributed by atoms with Gasteiger partial charge in [-0.15, -0.1) is 0 Å². The van der Waals surface area contributed by atoms with Crippen molar-refractivity contribution < 1.29 is 18.0 Å². The van der Waals surface area contributed by atoms with Crippen molar-refractivity contribution in [2.75, 3.05) is 31.0 Å². The topological polar surface area (TPSA) is 94.3 Å². The number of rotatable bonds is 5. The van der Waals surface area contributed by atoms with Crippen LogP contribution in [0.3, 0.4) is 0 Å². The van der Waals surface area contributed by atoms with Gasteiger partial charge in [-0.25, -0.2) is 4.98 Å². The van der Waals surface area contributed by atoms with E-state index in [-0.39, 0.29) is 30.5 Å². The van der Waals surface area contributed by atoms with E-state index < -0.39 is 11.7 Å². The molecule has 0 unspecified atom stereocenters. The van der Waals surface area contributed by atoms with E-state index in [4.69, 9.17) is 5.26 Å². The van der Waals surface area contributed by atoms with E-state index >= 15 is 0 Å². The summed E-state index contributed by atoms with van der Waals surface area (Å²) in [6, 6.07) is 13.1. The molecule has 0 bridgehead atoms. The first-order valence-electron chi connectivity index (χ1n) is 11.1. The van der Waals surface area contributed by atoms with E-state index in [0.29, 0.717) is 40.9 Å². The lowest BCUT2D eigenvalue weighted by Crippen LogP contribution is -2.45. The van der Waals surface area contributed by atoms with Crippen molar-refractivity contribution in [2.45, 2.75) is 25.7 Å². The zero-order chi connectivity index (χ0) is 26.0. The van der Waals surface area contributed by atoms with Crippen LogP contribution in [0.1, 0.15) is 38.3 Å². The van der Waals surface area contributed by atoms with Crippen LogP contribution < -0.4 is 15.9 Å². The average Bonchev–Trinajstić information content (AvgIpc) is 2.86. The number of nitrogens with zero attached hydrogens (tertiary/aromatic N) is 5. The van der Waals surface area contributed by atoms with Gasteiger partial charge in [0.05, 0.1) is 35.0 Å². The highest BCUT2D eigenvalue weighted by Crippen LogP contribution is 2.29. The molecule has 3 aromatic rings. The highest BCUT2D eigenvalue weighted by atomic mass is 19.4. The van der Waals surface area contributed by atoms with Crippen LogP contribution in [0.5, 0.6) is 0 Å². The number of hydrogen-bond donors (Lipinski definition) is 1. The molecule has 186 valence electrons. The summed E-state index contributed by atoms with van der Waals surface area (Å²) in [6.07, 6.45) is -4.04. The Morgan fingerprint density at radius 3 is 2.39 bits per heavy atom. The van der Waals surface area contributed by atoms with E-state index in [1.807, 2.05) is 6.07 Å². The molecule has 1 N–H and O–H groups in total. The highest BCUT2D eigenvalue weighted by Gasteiger charge is 2.30. The molecule has 2 heterocycles. The Balaban J connectivity index is 1.56. The van der Waals surface area contributed by atoms with Crippen LogP contribution in [-0.2, 0) is 25.7 Å². The maximum Gasteiger partial charge on any atom is 0.416 e. The van der Waals surface area contributed by atoms with Gasteiger partial charge in [0.1, 0.15) is 0 Å². The van der Waals surface area contributed by atoms with Gasteiger partial charge in [0.15, 0.2) is 0 Å². The Bertz CT molecular complexity index is 1370. The van der Waals surface area contributed by atoms with Crippen molar-refractivity contribution in [1.29, 1.82) is 5.26 Å². The first-order chi connectivity index (χ1) is 17.1. The quantitative estimate of drug-likeness (QED) is 0.583. The Morgan fingerprint density at radius 2 is 1.81 bits per heavy atom. The minimum Gasteiger partial charge on any atom is -0.350 e. The van der Waals surface area contributed by atoms with Crippen LogP contribution in [-0.4, -0.2) is 41.1 Å². The monoisotopic (exact) mass is 496 g/mol. The molecule has 0 saturated carbocycles. The molecule has 11 heteroatoms. The number of halogens is 3. The smallest absolute Gasteiger partial charge is 0.350 e. The normalized spacial score (nSPS) is 13.1. The van der Waals surface area contributed by atoms with Crippen LogP contribution >= 0.6 is 0 Å². The molecule has 36 heavy (non-hydrogen) atoms. The fourth-order valence-corrected chi connectivity index (χ4v) is 3.99. The molecule has 0 radical (unpaired) electrons. The number of amides is 1. The SMILES string of the molecule is CN(C)n1c(NCc2ccc(C(F)(F)F)cc2)nc2c(c1=O)CN(C(=O)c1ccc(C#N)cc1)CC2. The largest absolute Gasteiger partial charge is 0.416 e. The third kappa shape index (κ3) is 5.02. The standard InChI is InChI=1S/C25H23F3N6O2/c1-32(2)34-23(36)20-15-33(22(35)18-7-3-16(13-29)4-8-18)12-11-21(20)31-24(34)30-14-17-5-9-19(10-6-17)25(26,27)28/h3-10H,11-12,14-15H2,1-2H3,(H,30,31). The van der Waals surface area contributed by atoms with Crippen LogP contribution in [0.4, 0.5) is 19.1 Å². The van der Waals surface area contributed by atoms with Gasteiger partial charge in [0.2, 0.25) is 5.95 Å². The third-order valence-corrected chi connectivity index (χ3v) is 5.89. The fraction of sp³-hybridized carbons (Fsp3) is 0.280. The van der Waals surface area contributed by atoms with Gasteiger partial charge < -0.3 is 15.2 Å². The fourth-order valence-electron chi connectivity index (χ4n) is 3.99. The first-order valence-corrected chi connectivity index (χ1v) is 11.1. The summed E-state index contributed by atoms with van der Waals surface area (Å²) >= 11 is 0. The number of nitrogens with one attached hydrogen (secondary N) is 1. The van der Waals surface area contributed by atoms with Crippen LogP contribution in [0.2, 0.25) is 0 Å². The number of fused-ring (bicyclic) bond motifs is 1. The van der Waals surface area contributed by atoms with E-state index in [0.717, 1.165) is 12.1 Å². The van der Waals surface area contributed by atoms with Crippen LogP contribution in [0, 0.1) is 11.3 Å². The molecule has 1 aliphatic rings. The molecule has 1 aromatic heterocycles. The first kappa shape index (κ1) is 24.8. The number of nitriles is 1. The molecular weight excluding hydrogens is 473 g/mol. The van der Waals surface area contributed by atoms with E-state index in [1.165, 1.54) is 16.8 Å². The number of carbonyl (C=O) groups excluding carboxylic acids is 1. The molecule has 1 amide bonds. The average molecular weight is 496 g/mol. The second-order valence-electron chi connectivity index (χ2n) is 8.54. The van der Waals surface area contributed by atoms with Crippen molar-refractivity contribution in [1.82, 2.24) is 14.6 Å². The number of alkyl halides is 3. The summed E-state index contributed by atoms with van der Waals surface area (Å²) in [5.74, 6) is 0.0148. The Labute approximate surface area is 205 Å². The minimum absolute atomic E-state index is 0.0903. The van der Waals surface area contributed by atoms with Gasteiger partial charge in [-0.1, -0.05) is 12.1 Å². The molecule has 0 saturated heterocycles. The number of hydrogen-bond acceptors (Lipinski definition) is 6. The van der Waals surface area contributed by atoms with Crippen LogP contribution in [0.25, 0.3) is 0 Å². The van der Waals surface area contributed by atoms with E-state index in [9.17, 15) is 22.8 Å². The number of anilines is 1. The van der Waals surface area contributed by atoms with Crippen molar-refractivity contribution in [2.24, 2.45) is 0 Å². The predicted molar refractivity (Wildman–Crippen MR) is 127 cm³/mol. The minimum atomic E-state index is -4.41. The molecule has 0 aliphatic carbocycles. The lowest BCUT2D eigenvalue weighted by molar-refractivity contribution is -0.137. The Hall–Kier alpha value is -4.33. The number of carbonyl (C=O) groups is 1. The molecule has 0 fully saturated rings. The van der Waals surface area contributed by atoms with Gasteiger partial charge in [-0.3, -0.25) is 9.59 Å². The third-order valence-electron chi connectivity index (χ3n) is 5.89. The molecule has 0 atom stereocenters. The summed E-state index contributed by atoms with van der Waals surface area (Å²) < 4.78 is 39.8. The Kier molecular flexibility index (Phi) is 6.70. The predicted octanol–water partition coefficient (Wildman–Crippen LogP) is 3.14. The maximum atomic E-state index is 13.4. The van der Waals surface area contributed by atoms with Crippen molar-refractivity contribution in [3.63, 3.8) is 0 Å². The van der Waals surface area contributed by atoms with E-state index in [2.05, 4.69) is 10.3 Å². The van der Waals surface area contributed by atoms with E-state index in [1.54, 1.807) is 48.3 Å². The zero-order valence-corrected chi connectivity index (χ0v) is 19.6. The molecule has 8 nitrogen and oxygen atoms in total. The molecule has 4 rings (SSSR count). The van der Waals surface area contributed by atoms with Gasteiger partial charge in [-0.05, 0) is 42.0 Å². The lowest BCUT2D eigenvalue weighted by Gasteiger charge is -2.30. The molecule has 2 aromatic carbocycles. The summed E-state index contributed by atoms with van der Waals surface area (Å²) in [6.45, 7) is 0.621. The summed E-state index contributed by atoms with van der Waals surface area (Å²) in [5, 5.41) is 13.6. The van der Waals surface area contributed by atoms with Gasteiger partial charge >= 0.3 is 6.18 Å². The second kappa shape index (κ2) is 9.73. The van der Waals surface area contributed by atoms with Crippen molar-refractivity contribution in [3.05, 3.63) is 92.4 Å². The molecule has 1 aliphatic heterocycles. The number of benzene rings is 2. The highest BCUT2D eigenvalue weighted by molar-refractivity contribution is 5.94. The van der Waals surface area contributed by atoms with Gasteiger partial charge in [-0.2, -0.15) is 23.1 Å². The van der Waals surface area contributed by atoms with Crippen molar-refractivity contribution in [3.8, 4) is 6.07 Å². The maximum absolute atomic E-state index is 13.4. The second-order valence-corrected chi connectivity index (χ2v) is 8.54. The summed E-state index contributed by atoms with van der Waals surface area (Å²) in [7, 11) is 3.34. The summed E-state index contributed by atoms with van der Waals surface area (Å²) in [4.78, 5) is 32.5. The Morgan fingerprint density at radius 1 is 1.14 bits per heavy atom.